The van der Waals surface area contributed by atoms with Gasteiger partial charge in [-0.3, -0.25) is 4.79 Å². The third-order valence-electron chi connectivity index (χ3n) is 7.03. The molecule has 1 saturated heterocycles. The molecular formula is C30H30Cl2FNOS. The van der Waals surface area contributed by atoms with E-state index in [1.807, 2.05) is 23.9 Å². The Bertz CT molecular complexity index is 1210. The van der Waals surface area contributed by atoms with Gasteiger partial charge in [0.15, 0.2) is 5.78 Å². The van der Waals surface area contributed by atoms with Crippen LogP contribution in [0.25, 0.3) is 0 Å². The van der Waals surface area contributed by atoms with Crippen molar-refractivity contribution in [2.24, 2.45) is 0 Å². The lowest BCUT2D eigenvalue weighted by molar-refractivity contribution is 0.0971. The van der Waals surface area contributed by atoms with Gasteiger partial charge >= 0.3 is 0 Å². The van der Waals surface area contributed by atoms with Crippen LogP contribution in [0.2, 0.25) is 10.0 Å². The summed E-state index contributed by atoms with van der Waals surface area (Å²) in [5.41, 5.74) is 4.50. The number of hydrogen-bond donors (Lipinski definition) is 0. The van der Waals surface area contributed by atoms with Gasteiger partial charge in [-0.25, -0.2) is 4.39 Å². The van der Waals surface area contributed by atoms with Crippen LogP contribution >= 0.6 is 35.0 Å². The summed E-state index contributed by atoms with van der Waals surface area (Å²) >= 11 is 14.8. The Morgan fingerprint density at radius 3 is 2.39 bits per heavy atom. The molecule has 36 heavy (non-hydrogen) atoms. The van der Waals surface area contributed by atoms with Crippen LogP contribution in [0.15, 0.2) is 79.9 Å². The van der Waals surface area contributed by atoms with Gasteiger partial charge in [-0.05, 0) is 92.0 Å². The van der Waals surface area contributed by atoms with E-state index in [1.54, 1.807) is 12.1 Å². The minimum atomic E-state index is -0.314. The molecule has 2 nitrogen and oxygen atoms in total. The maximum Gasteiger partial charge on any atom is 0.162 e. The normalized spacial score (nSPS) is 18.4. The van der Waals surface area contributed by atoms with E-state index in [4.69, 9.17) is 23.2 Å². The van der Waals surface area contributed by atoms with Crippen LogP contribution in [-0.2, 0) is 4.75 Å². The van der Waals surface area contributed by atoms with Crippen molar-refractivity contribution in [1.82, 2.24) is 4.90 Å². The fraction of sp³-hybridized carbons (Fsp3) is 0.300. The largest absolute Gasteiger partial charge is 0.303 e. The minimum absolute atomic E-state index is 0.0800. The number of likely N-dealkylation sites (tertiary alicyclic amines) is 1. The van der Waals surface area contributed by atoms with Gasteiger partial charge < -0.3 is 4.90 Å². The van der Waals surface area contributed by atoms with E-state index in [2.05, 4.69) is 48.4 Å². The molecule has 0 amide bonds. The van der Waals surface area contributed by atoms with Gasteiger partial charge in [-0.1, -0.05) is 53.5 Å². The van der Waals surface area contributed by atoms with E-state index in [0.717, 1.165) is 49.5 Å². The first-order valence-corrected chi connectivity index (χ1v) is 13.8. The molecular weight excluding hydrogens is 512 g/mol. The van der Waals surface area contributed by atoms with E-state index >= 15 is 0 Å². The SMILES string of the molecule is C=C.O=C(CCCN1CCC2(CC1)SC(c1ccc(Cl)cc1Cl)c1ccccc12)c1ccc(F)cc1. The van der Waals surface area contributed by atoms with Crippen LogP contribution in [0.5, 0.6) is 0 Å². The van der Waals surface area contributed by atoms with Crippen LogP contribution in [0.1, 0.15) is 58.0 Å². The van der Waals surface area contributed by atoms with Gasteiger partial charge in [0, 0.05) is 26.8 Å². The number of carbonyl (C=O) groups excluding carboxylic acids is 1. The van der Waals surface area contributed by atoms with Crippen LogP contribution < -0.4 is 0 Å². The van der Waals surface area contributed by atoms with Gasteiger partial charge in [-0.15, -0.1) is 24.9 Å². The number of ketones is 1. The van der Waals surface area contributed by atoms with Crippen molar-refractivity contribution in [3.63, 3.8) is 0 Å². The lowest BCUT2D eigenvalue weighted by atomic mass is 9.84. The van der Waals surface area contributed by atoms with E-state index in [1.165, 1.54) is 23.3 Å². The highest BCUT2D eigenvalue weighted by Crippen LogP contribution is 2.62. The summed E-state index contributed by atoms with van der Waals surface area (Å²) in [7, 11) is 0. The Labute approximate surface area is 227 Å². The molecule has 0 radical (unpaired) electrons. The standard InChI is InChI=1S/C28H26Cl2FNOS.C2H4/c29-20-9-12-23(25(30)18-20)27-22-4-1-2-5-24(22)28(34-27)13-16-32(17-14-28)15-3-6-26(33)19-7-10-21(31)11-8-19;1-2/h1-2,4-5,7-12,18,27H,3,6,13-17H2;1-2H2. The smallest absolute Gasteiger partial charge is 0.162 e. The topological polar surface area (TPSA) is 20.3 Å². The lowest BCUT2D eigenvalue weighted by Gasteiger charge is -2.40. The molecule has 1 spiro atoms. The first kappa shape index (κ1) is 26.9. The molecule has 1 unspecified atom stereocenters. The Balaban J connectivity index is 0.00000148. The third-order valence-corrected chi connectivity index (χ3v) is 9.42. The maximum absolute atomic E-state index is 13.1. The molecule has 0 N–H and O–H groups in total. The lowest BCUT2D eigenvalue weighted by Crippen LogP contribution is -2.40. The number of thioether (sulfide) groups is 1. The second-order valence-corrected chi connectivity index (χ2v) is 11.5. The Morgan fingerprint density at radius 2 is 1.69 bits per heavy atom. The highest BCUT2D eigenvalue weighted by atomic mass is 35.5. The molecule has 2 heterocycles. The van der Waals surface area contributed by atoms with Crippen LogP contribution in [0.4, 0.5) is 4.39 Å². The molecule has 0 saturated carbocycles. The molecule has 2 aliphatic heterocycles. The second-order valence-electron chi connectivity index (χ2n) is 9.12. The molecule has 5 rings (SSSR count). The zero-order valence-electron chi connectivity index (χ0n) is 20.2. The summed E-state index contributed by atoms with van der Waals surface area (Å²) in [5.74, 6) is -0.234. The van der Waals surface area contributed by atoms with E-state index in [9.17, 15) is 9.18 Å². The van der Waals surface area contributed by atoms with Crippen LogP contribution in [0, 0.1) is 5.82 Å². The van der Waals surface area contributed by atoms with Gasteiger partial charge in [0.2, 0.25) is 0 Å². The number of piperidine rings is 1. The van der Waals surface area contributed by atoms with Gasteiger partial charge in [-0.2, -0.15) is 0 Å². The number of nitrogens with zero attached hydrogens (tertiary/aromatic N) is 1. The van der Waals surface area contributed by atoms with Crippen molar-refractivity contribution in [2.75, 3.05) is 19.6 Å². The molecule has 0 aliphatic carbocycles. The van der Waals surface area contributed by atoms with Crippen LogP contribution in [0.3, 0.4) is 0 Å². The number of rotatable bonds is 6. The molecule has 1 fully saturated rings. The number of Topliss-reactive ketones (excluding diaryl/α,β-unsaturated/α-hetero) is 1. The van der Waals surface area contributed by atoms with Gasteiger partial charge in [0.25, 0.3) is 0 Å². The highest BCUT2D eigenvalue weighted by molar-refractivity contribution is 8.01. The fourth-order valence-corrected chi connectivity index (χ4v) is 7.64. The third kappa shape index (κ3) is 5.73. The number of halogens is 3. The first-order valence-electron chi connectivity index (χ1n) is 12.2. The fourth-order valence-electron chi connectivity index (χ4n) is 5.21. The first-order chi connectivity index (χ1) is 17.4. The van der Waals surface area contributed by atoms with E-state index < -0.39 is 0 Å². The molecule has 1 atom stereocenters. The van der Waals surface area contributed by atoms with Crippen LogP contribution in [-0.4, -0.2) is 30.3 Å². The number of fused-ring (bicyclic) bond motifs is 2. The van der Waals surface area contributed by atoms with E-state index in [0.29, 0.717) is 17.0 Å². The zero-order chi connectivity index (χ0) is 25.7. The summed E-state index contributed by atoms with van der Waals surface area (Å²) in [6, 6.07) is 20.4. The number of carbonyl (C=O) groups is 1. The highest BCUT2D eigenvalue weighted by Gasteiger charge is 2.46. The second kappa shape index (κ2) is 12.0. The molecule has 0 bridgehead atoms. The number of benzene rings is 3. The summed E-state index contributed by atoms with van der Waals surface area (Å²) in [6.45, 7) is 8.92. The van der Waals surface area contributed by atoms with Crippen molar-refractivity contribution in [3.8, 4) is 0 Å². The summed E-state index contributed by atoms with van der Waals surface area (Å²) in [4.78, 5) is 14.9. The monoisotopic (exact) mass is 541 g/mol. The predicted molar refractivity (Wildman–Crippen MR) is 151 cm³/mol. The van der Waals surface area contributed by atoms with Crippen molar-refractivity contribution in [3.05, 3.63) is 118 Å². The maximum atomic E-state index is 13.1. The Morgan fingerprint density at radius 1 is 1.00 bits per heavy atom. The zero-order valence-corrected chi connectivity index (χ0v) is 22.5. The molecule has 0 aromatic heterocycles. The molecule has 6 heteroatoms. The molecule has 3 aromatic carbocycles. The van der Waals surface area contributed by atoms with Crippen molar-refractivity contribution in [2.45, 2.75) is 35.7 Å². The summed E-state index contributed by atoms with van der Waals surface area (Å²) in [6.07, 6.45) is 3.45. The van der Waals surface area contributed by atoms with Gasteiger partial charge in [0.05, 0.1) is 5.25 Å². The van der Waals surface area contributed by atoms with E-state index in [-0.39, 0.29) is 21.6 Å². The average Bonchev–Trinajstić information content (AvgIpc) is 3.20. The van der Waals surface area contributed by atoms with Crippen molar-refractivity contribution < 1.29 is 9.18 Å². The predicted octanol–water partition coefficient (Wildman–Crippen LogP) is 8.73. The Kier molecular flexibility index (Phi) is 8.95. The molecule has 188 valence electrons. The summed E-state index contributed by atoms with van der Waals surface area (Å²) < 4.78 is 13.2. The molecule has 2 aliphatic rings. The molecule has 3 aromatic rings. The quantitative estimate of drug-likeness (QED) is 0.230. The number of hydrogen-bond acceptors (Lipinski definition) is 3. The Hall–Kier alpha value is -2.11. The van der Waals surface area contributed by atoms with Crippen molar-refractivity contribution >= 4 is 40.7 Å². The minimum Gasteiger partial charge on any atom is -0.303 e. The average molecular weight is 543 g/mol. The van der Waals surface area contributed by atoms with Crippen molar-refractivity contribution in [1.29, 1.82) is 0 Å². The summed E-state index contributed by atoms with van der Waals surface area (Å²) in [5, 5.41) is 1.59. The van der Waals surface area contributed by atoms with Gasteiger partial charge in [0.1, 0.15) is 5.82 Å².